The Balaban J connectivity index is 0.00000300. The van der Waals surface area contributed by atoms with Crippen molar-refractivity contribution in [3.63, 3.8) is 0 Å². The van der Waals surface area contributed by atoms with Crippen LogP contribution in [0.4, 0.5) is 0 Å². The van der Waals surface area contributed by atoms with Gasteiger partial charge in [-0.25, -0.2) is 13.1 Å². The van der Waals surface area contributed by atoms with Crippen molar-refractivity contribution in [1.82, 2.24) is 14.5 Å². The van der Waals surface area contributed by atoms with E-state index in [1.165, 1.54) is 10.2 Å². The minimum atomic E-state index is -3.56. The summed E-state index contributed by atoms with van der Waals surface area (Å²) < 4.78 is 35.7. The minimum Gasteiger partial charge on any atom is -0.376 e. The molecule has 0 bridgehead atoms. The first-order valence-electron chi connectivity index (χ1n) is 9.79. The van der Waals surface area contributed by atoms with Crippen LogP contribution >= 0.6 is 12.4 Å². The fraction of sp³-hybridized carbons (Fsp3) is 0.571. The second kappa shape index (κ2) is 9.16. The summed E-state index contributed by atoms with van der Waals surface area (Å²) in [7, 11) is -1.84. The third kappa shape index (κ3) is 6.04. The van der Waals surface area contributed by atoms with E-state index in [1.54, 1.807) is 20.2 Å². The van der Waals surface area contributed by atoms with Crippen molar-refractivity contribution in [3.8, 4) is 0 Å². The molecule has 1 aromatic heterocycles. The van der Waals surface area contributed by atoms with E-state index in [-0.39, 0.29) is 28.3 Å². The molecule has 29 heavy (non-hydrogen) atoms. The molecule has 0 aliphatic carbocycles. The molecule has 0 radical (unpaired) electrons. The Kier molecular flexibility index (Phi) is 7.54. The Morgan fingerprint density at radius 2 is 1.93 bits per heavy atom. The van der Waals surface area contributed by atoms with Crippen LogP contribution in [0.25, 0.3) is 0 Å². The molecule has 0 spiro atoms. The molecule has 0 amide bonds. The number of hydrogen-bond acceptors (Lipinski definition) is 4. The maximum atomic E-state index is 12.7. The Bertz CT molecular complexity index is 913. The number of halogens is 1. The standard InChI is InChI=1S/C21H31N3O3S.ClH/c1-17-19(15-24(4)23-17)28(25,26)22-12-10-21(11-13-27-20(2,3)16-21)14-18-8-6-5-7-9-18;/h5-9,15,22H,10-14,16H2,1-4H3;1H. The van der Waals surface area contributed by atoms with E-state index in [0.29, 0.717) is 18.8 Å². The van der Waals surface area contributed by atoms with Crippen molar-refractivity contribution >= 4 is 22.4 Å². The fourth-order valence-electron chi connectivity index (χ4n) is 4.44. The highest BCUT2D eigenvalue weighted by atomic mass is 35.5. The Morgan fingerprint density at radius 1 is 1.24 bits per heavy atom. The van der Waals surface area contributed by atoms with Gasteiger partial charge in [0.1, 0.15) is 4.90 Å². The quantitative estimate of drug-likeness (QED) is 0.711. The first-order valence-corrected chi connectivity index (χ1v) is 11.3. The van der Waals surface area contributed by atoms with Crippen molar-refractivity contribution < 1.29 is 13.2 Å². The molecule has 2 heterocycles. The summed E-state index contributed by atoms with van der Waals surface area (Å²) in [6.45, 7) is 7.06. The highest BCUT2D eigenvalue weighted by Crippen LogP contribution is 2.43. The number of sulfonamides is 1. The van der Waals surface area contributed by atoms with E-state index in [1.807, 2.05) is 6.07 Å². The summed E-state index contributed by atoms with van der Waals surface area (Å²) in [5.41, 5.74) is 1.61. The van der Waals surface area contributed by atoms with Crippen molar-refractivity contribution in [2.24, 2.45) is 12.5 Å². The zero-order valence-electron chi connectivity index (χ0n) is 17.6. The van der Waals surface area contributed by atoms with Gasteiger partial charge in [0, 0.05) is 26.4 Å². The molecule has 3 rings (SSSR count). The molecule has 1 aliphatic rings. The van der Waals surface area contributed by atoms with Crippen molar-refractivity contribution in [1.29, 1.82) is 0 Å². The van der Waals surface area contributed by atoms with Gasteiger partial charge in [-0.05, 0) is 57.4 Å². The van der Waals surface area contributed by atoms with Gasteiger partial charge in [0.05, 0.1) is 11.3 Å². The van der Waals surface area contributed by atoms with E-state index in [4.69, 9.17) is 4.74 Å². The molecule has 1 saturated heterocycles. The molecule has 162 valence electrons. The number of ether oxygens (including phenoxy) is 1. The predicted octanol–water partition coefficient (Wildman–Crippen LogP) is 3.64. The van der Waals surface area contributed by atoms with Gasteiger partial charge in [-0.2, -0.15) is 5.10 Å². The number of hydrogen-bond donors (Lipinski definition) is 1. The van der Waals surface area contributed by atoms with Gasteiger partial charge in [0.15, 0.2) is 0 Å². The van der Waals surface area contributed by atoms with E-state index in [2.05, 4.69) is 47.9 Å². The predicted molar refractivity (Wildman–Crippen MR) is 117 cm³/mol. The van der Waals surface area contributed by atoms with Gasteiger partial charge in [-0.3, -0.25) is 4.68 Å². The summed E-state index contributed by atoms with van der Waals surface area (Å²) in [5, 5.41) is 4.14. The number of nitrogens with zero attached hydrogens (tertiary/aromatic N) is 2. The molecule has 1 fully saturated rings. The highest BCUT2D eigenvalue weighted by Gasteiger charge is 2.40. The van der Waals surface area contributed by atoms with Crippen LogP contribution in [-0.2, 0) is 28.2 Å². The molecular weight excluding hydrogens is 410 g/mol. The smallest absolute Gasteiger partial charge is 0.243 e. The van der Waals surface area contributed by atoms with Crippen molar-refractivity contribution in [2.75, 3.05) is 13.2 Å². The SMILES string of the molecule is Cc1nn(C)cc1S(=O)(=O)NCCC1(Cc2ccccc2)CCOC(C)(C)C1.Cl. The van der Waals surface area contributed by atoms with Crippen LogP contribution in [0.2, 0.25) is 0 Å². The first-order chi connectivity index (χ1) is 13.1. The van der Waals surface area contributed by atoms with Gasteiger partial charge in [-0.15, -0.1) is 12.4 Å². The molecule has 1 N–H and O–H groups in total. The summed E-state index contributed by atoms with van der Waals surface area (Å²) in [5.74, 6) is 0. The fourth-order valence-corrected chi connectivity index (χ4v) is 5.69. The van der Waals surface area contributed by atoms with Crippen LogP contribution in [0.15, 0.2) is 41.4 Å². The zero-order valence-corrected chi connectivity index (χ0v) is 19.3. The lowest BCUT2D eigenvalue weighted by Crippen LogP contribution is -2.44. The number of aromatic nitrogens is 2. The maximum Gasteiger partial charge on any atom is 0.243 e. The average molecular weight is 442 g/mol. The van der Waals surface area contributed by atoms with Gasteiger partial charge in [0.25, 0.3) is 0 Å². The van der Waals surface area contributed by atoms with Crippen LogP contribution in [0.1, 0.15) is 44.4 Å². The van der Waals surface area contributed by atoms with Crippen LogP contribution < -0.4 is 4.72 Å². The number of aryl methyl sites for hydroxylation is 2. The molecular formula is C21H32ClN3O3S. The third-order valence-electron chi connectivity index (χ3n) is 5.55. The average Bonchev–Trinajstić information content (AvgIpc) is 2.94. The summed E-state index contributed by atoms with van der Waals surface area (Å²) in [6, 6.07) is 10.4. The first kappa shape index (κ1) is 23.9. The Labute approximate surface area is 180 Å². The lowest BCUT2D eigenvalue weighted by Gasteiger charge is -2.45. The molecule has 6 nitrogen and oxygen atoms in total. The van der Waals surface area contributed by atoms with E-state index >= 15 is 0 Å². The van der Waals surface area contributed by atoms with Gasteiger partial charge in [0.2, 0.25) is 10.0 Å². The monoisotopic (exact) mass is 441 g/mol. The van der Waals surface area contributed by atoms with Gasteiger partial charge in [-0.1, -0.05) is 30.3 Å². The van der Waals surface area contributed by atoms with Crippen LogP contribution in [0.3, 0.4) is 0 Å². The zero-order chi connectivity index (χ0) is 20.4. The summed E-state index contributed by atoms with van der Waals surface area (Å²) >= 11 is 0. The highest BCUT2D eigenvalue weighted by molar-refractivity contribution is 7.89. The normalized spacial score (nSPS) is 21.5. The molecule has 1 aliphatic heterocycles. The topological polar surface area (TPSA) is 73.2 Å². The van der Waals surface area contributed by atoms with E-state index in [0.717, 1.165) is 25.7 Å². The molecule has 1 aromatic carbocycles. The molecule has 1 atom stereocenters. The molecule has 2 aromatic rings. The molecule has 1 unspecified atom stereocenters. The number of benzene rings is 1. The van der Waals surface area contributed by atoms with Crippen LogP contribution in [0, 0.1) is 12.3 Å². The summed E-state index contributed by atoms with van der Waals surface area (Å²) in [6.07, 6.45) is 5.08. The van der Waals surface area contributed by atoms with E-state index < -0.39 is 10.0 Å². The van der Waals surface area contributed by atoms with Gasteiger partial charge >= 0.3 is 0 Å². The molecule has 0 saturated carbocycles. The van der Waals surface area contributed by atoms with Crippen LogP contribution in [-0.4, -0.2) is 37.0 Å². The number of nitrogens with one attached hydrogen (secondary N) is 1. The van der Waals surface area contributed by atoms with Crippen LogP contribution in [0.5, 0.6) is 0 Å². The lowest BCUT2D eigenvalue weighted by molar-refractivity contribution is -0.106. The van der Waals surface area contributed by atoms with E-state index in [9.17, 15) is 8.42 Å². The summed E-state index contributed by atoms with van der Waals surface area (Å²) in [4.78, 5) is 0.249. The maximum absolute atomic E-state index is 12.7. The second-order valence-electron chi connectivity index (χ2n) is 8.60. The van der Waals surface area contributed by atoms with Crippen molar-refractivity contribution in [3.05, 3.63) is 47.8 Å². The Hall–Kier alpha value is -1.41. The minimum absolute atomic E-state index is 0. The largest absolute Gasteiger partial charge is 0.376 e. The van der Waals surface area contributed by atoms with Gasteiger partial charge < -0.3 is 4.74 Å². The number of rotatable bonds is 7. The third-order valence-corrected chi connectivity index (χ3v) is 7.12. The molecule has 8 heteroatoms. The second-order valence-corrected chi connectivity index (χ2v) is 10.3. The van der Waals surface area contributed by atoms with Crippen molar-refractivity contribution in [2.45, 2.75) is 57.0 Å². The lowest BCUT2D eigenvalue weighted by atomic mass is 9.68. The Morgan fingerprint density at radius 3 is 2.52 bits per heavy atom.